The number of hydrogen-bond acceptors (Lipinski definition) is 2. The number of carboxylic acid groups (broad SMARTS) is 1. The summed E-state index contributed by atoms with van der Waals surface area (Å²) in [4.78, 5) is 11.9. The first-order valence-corrected chi connectivity index (χ1v) is 14.4. The Hall–Kier alpha value is -2.95. The topological polar surface area (TPSA) is 46.5 Å². The van der Waals surface area contributed by atoms with E-state index in [9.17, 15) is 9.90 Å². The highest BCUT2D eigenvalue weighted by molar-refractivity contribution is 6.99. The van der Waals surface area contributed by atoms with Gasteiger partial charge in [0.05, 0.1) is 0 Å². The lowest BCUT2D eigenvalue weighted by Gasteiger charge is -2.43. The van der Waals surface area contributed by atoms with Crippen molar-refractivity contribution < 1.29 is 14.3 Å². The van der Waals surface area contributed by atoms with Crippen LogP contribution in [-0.2, 0) is 14.6 Å². The molecule has 0 spiro atoms. The largest absolute Gasteiger partial charge is 0.478 e. The number of rotatable bonds is 9. The van der Waals surface area contributed by atoms with E-state index < -0.39 is 14.3 Å². The summed E-state index contributed by atoms with van der Waals surface area (Å²) in [6, 6.07) is 31.7. The van der Waals surface area contributed by atoms with E-state index in [1.807, 2.05) is 31.2 Å². The molecule has 3 nitrogen and oxygen atoms in total. The Bertz CT molecular complexity index is 1130. The maximum atomic E-state index is 11.9. The quantitative estimate of drug-likeness (QED) is 0.302. The Labute approximate surface area is 210 Å². The standard InChI is InChI=1S/C31H36O3Si/c1-5-24(29(32)33)21-31(25-15-9-6-10-16-25)22-26(31)23-34-35(30(2,3)4,27-17-11-7-12-18-27)28-19-13-8-14-20-28/h6-21,26H,5,22-23H2,1-4H3,(H,32,33). The molecule has 2 unspecified atom stereocenters. The van der Waals surface area contributed by atoms with Crippen molar-refractivity contribution in [3.63, 3.8) is 0 Å². The van der Waals surface area contributed by atoms with Gasteiger partial charge in [0, 0.05) is 17.6 Å². The van der Waals surface area contributed by atoms with Gasteiger partial charge in [-0.05, 0) is 39.7 Å². The first-order chi connectivity index (χ1) is 16.7. The zero-order valence-electron chi connectivity index (χ0n) is 21.2. The Balaban J connectivity index is 1.75. The maximum Gasteiger partial charge on any atom is 0.331 e. The van der Waals surface area contributed by atoms with Crippen LogP contribution in [0.1, 0.15) is 46.1 Å². The van der Waals surface area contributed by atoms with Crippen molar-refractivity contribution in [2.24, 2.45) is 5.92 Å². The second-order valence-corrected chi connectivity index (χ2v) is 14.9. The molecule has 3 aromatic carbocycles. The summed E-state index contributed by atoms with van der Waals surface area (Å²) in [5.41, 5.74) is 1.35. The van der Waals surface area contributed by atoms with Crippen LogP contribution in [-0.4, -0.2) is 26.0 Å². The van der Waals surface area contributed by atoms with Gasteiger partial charge in [0.1, 0.15) is 0 Å². The molecule has 1 aliphatic rings. The van der Waals surface area contributed by atoms with Crippen molar-refractivity contribution in [3.8, 4) is 0 Å². The van der Waals surface area contributed by atoms with Gasteiger partial charge in [0.25, 0.3) is 8.32 Å². The molecule has 4 rings (SSSR count). The zero-order valence-corrected chi connectivity index (χ0v) is 22.2. The molecular formula is C31H36O3Si. The maximum absolute atomic E-state index is 11.9. The van der Waals surface area contributed by atoms with E-state index in [1.54, 1.807) is 0 Å². The number of carboxylic acids is 1. The minimum absolute atomic E-state index is 0.0918. The van der Waals surface area contributed by atoms with E-state index in [1.165, 1.54) is 15.9 Å². The van der Waals surface area contributed by atoms with Gasteiger partial charge in [-0.15, -0.1) is 0 Å². The smallest absolute Gasteiger partial charge is 0.331 e. The summed E-state index contributed by atoms with van der Waals surface area (Å²) >= 11 is 0. The molecule has 2 atom stereocenters. The van der Waals surface area contributed by atoms with E-state index in [4.69, 9.17) is 4.43 Å². The van der Waals surface area contributed by atoms with E-state index in [0.717, 1.165) is 6.42 Å². The average Bonchev–Trinajstić information content (AvgIpc) is 3.57. The SMILES string of the molecule is CCC(=CC1(c2ccccc2)CC1CO[Si](c1ccccc1)(c1ccccc1)C(C)(C)C)C(=O)O. The van der Waals surface area contributed by atoms with Gasteiger partial charge in [0.15, 0.2) is 0 Å². The summed E-state index contributed by atoms with van der Waals surface area (Å²) in [7, 11) is -2.64. The van der Waals surface area contributed by atoms with Crippen LogP contribution in [0.5, 0.6) is 0 Å². The second-order valence-electron chi connectivity index (χ2n) is 10.6. The molecule has 1 saturated carbocycles. The lowest BCUT2D eigenvalue weighted by Crippen LogP contribution is -2.66. The van der Waals surface area contributed by atoms with E-state index in [0.29, 0.717) is 18.6 Å². The number of carbonyl (C=O) groups is 1. The molecule has 0 bridgehead atoms. The Morgan fingerprint density at radius 2 is 1.43 bits per heavy atom. The van der Waals surface area contributed by atoms with Crippen LogP contribution in [0, 0.1) is 5.92 Å². The number of allylic oxidation sites excluding steroid dienone is 1. The fraction of sp³-hybridized carbons (Fsp3) is 0.323. The van der Waals surface area contributed by atoms with Gasteiger partial charge >= 0.3 is 5.97 Å². The van der Waals surface area contributed by atoms with Crippen molar-refractivity contribution in [1.29, 1.82) is 0 Å². The predicted octanol–water partition coefficient (Wildman–Crippen LogP) is 5.94. The van der Waals surface area contributed by atoms with Gasteiger partial charge in [-0.1, -0.05) is 125 Å². The Kier molecular flexibility index (Phi) is 7.16. The Morgan fingerprint density at radius 3 is 1.86 bits per heavy atom. The lowest BCUT2D eigenvalue weighted by molar-refractivity contribution is -0.132. The van der Waals surface area contributed by atoms with E-state index >= 15 is 0 Å². The fourth-order valence-corrected chi connectivity index (χ4v) is 10.1. The second kappa shape index (κ2) is 9.96. The molecule has 0 amide bonds. The molecule has 1 fully saturated rings. The third-order valence-corrected chi connectivity index (χ3v) is 12.5. The lowest BCUT2D eigenvalue weighted by atomic mass is 9.90. The minimum atomic E-state index is -2.64. The highest BCUT2D eigenvalue weighted by Crippen LogP contribution is 2.57. The molecule has 1 N–H and O–H groups in total. The molecule has 0 aliphatic heterocycles. The van der Waals surface area contributed by atoms with Crippen molar-refractivity contribution >= 4 is 24.7 Å². The fourth-order valence-electron chi connectivity index (χ4n) is 5.53. The molecule has 0 heterocycles. The van der Waals surface area contributed by atoms with Crippen LogP contribution in [0.2, 0.25) is 5.04 Å². The number of hydrogen-bond donors (Lipinski definition) is 1. The third kappa shape index (κ3) is 4.78. The highest BCUT2D eigenvalue weighted by Gasteiger charge is 2.57. The van der Waals surface area contributed by atoms with Gasteiger partial charge in [0.2, 0.25) is 0 Å². The van der Waals surface area contributed by atoms with Crippen molar-refractivity contribution in [3.05, 3.63) is 108 Å². The van der Waals surface area contributed by atoms with Crippen LogP contribution in [0.4, 0.5) is 0 Å². The first-order valence-electron chi connectivity index (χ1n) is 12.5. The van der Waals surface area contributed by atoms with Gasteiger partial charge in [-0.3, -0.25) is 0 Å². The molecule has 182 valence electrons. The van der Waals surface area contributed by atoms with E-state index in [-0.39, 0.29) is 16.4 Å². The zero-order chi connectivity index (χ0) is 25.1. The van der Waals surface area contributed by atoms with Crippen LogP contribution in [0.15, 0.2) is 103 Å². The summed E-state index contributed by atoms with van der Waals surface area (Å²) in [5, 5.41) is 12.2. The predicted molar refractivity (Wildman–Crippen MR) is 146 cm³/mol. The van der Waals surface area contributed by atoms with Gasteiger partial charge in [-0.2, -0.15) is 0 Å². The summed E-state index contributed by atoms with van der Waals surface area (Å²) in [6.07, 6.45) is 3.41. The number of aliphatic carboxylic acids is 1. The first kappa shape index (κ1) is 25.1. The van der Waals surface area contributed by atoms with Crippen LogP contribution in [0.25, 0.3) is 0 Å². The van der Waals surface area contributed by atoms with Gasteiger partial charge < -0.3 is 9.53 Å². The normalized spacial score (nSPS) is 20.5. The molecule has 1 aliphatic carbocycles. The van der Waals surface area contributed by atoms with Crippen molar-refractivity contribution in [2.75, 3.05) is 6.61 Å². The molecule has 0 radical (unpaired) electrons. The van der Waals surface area contributed by atoms with E-state index in [2.05, 4.69) is 93.6 Å². The van der Waals surface area contributed by atoms with Crippen molar-refractivity contribution in [1.82, 2.24) is 0 Å². The highest BCUT2D eigenvalue weighted by atomic mass is 28.4. The molecular weight excluding hydrogens is 448 g/mol. The Morgan fingerprint density at radius 1 is 0.943 bits per heavy atom. The van der Waals surface area contributed by atoms with Crippen LogP contribution < -0.4 is 10.4 Å². The summed E-state index contributed by atoms with van der Waals surface area (Å²) in [6.45, 7) is 9.37. The molecule has 3 aromatic rings. The van der Waals surface area contributed by atoms with Crippen LogP contribution in [0.3, 0.4) is 0 Å². The summed E-state index contributed by atoms with van der Waals surface area (Å²) < 4.78 is 7.20. The number of benzene rings is 3. The van der Waals surface area contributed by atoms with Crippen LogP contribution >= 0.6 is 0 Å². The third-order valence-electron chi connectivity index (χ3n) is 7.47. The van der Waals surface area contributed by atoms with Crippen molar-refractivity contribution in [2.45, 2.75) is 51.0 Å². The minimum Gasteiger partial charge on any atom is -0.478 e. The summed E-state index contributed by atoms with van der Waals surface area (Å²) in [5.74, 6) is -0.603. The molecule has 4 heteroatoms. The molecule has 35 heavy (non-hydrogen) atoms. The monoisotopic (exact) mass is 484 g/mol. The molecule has 0 saturated heterocycles. The molecule has 0 aromatic heterocycles. The van der Waals surface area contributed by atoms with Gasteiger partial charge in [-0.25, -0.2) is 4.79 Å². The average molecular weight is 485 g/mol.